The molecule has 0 saturated heterocycles. The quantitative estimate of drug-likeness (QED) is 0.758. The van der Waals surface area contributed by atoms with Gasteiger partial charge in [-0.15, -0.1) is 0 Å². The average molecular weight is 288 g/mol. The first-order chi connectivity index (χ1) is 9.40. The fourth-order valence-electron chi connectivity index (χ4n) is 1.60. The van der Waals surface area contributed by atoms with Crippen LogP contribution in [0.15, 0.2) is 71.8 Å². The zero-order valence-corrected chi connectivity index (χ0v) is 11.7. The molecule has 1 aliphatic rings. The molecule has 0 N–H and O–H groups in total. The third kappa shape index (κ3) is 3.49. The molecule has 96 valence electrons. The van der Waals surface area contributed by atoms with Crippen molar-refractivity contribution in [2.75, 3.05) is 0 Å². The van der Waals surface area contributed by atoms with Gasteiger partial charge in [-0.3, -0.25) is 0 Å². The van der Waals surface area contributed by atoms with E-state index < -0.39 is 0 Å². The second-order valence-corrected chi connectivity index (χ2v) is 6.18. The van der Waals surface area contributed by atoms with Gasteiger partial charge >= 0.3 is 0 Å². The van der Waals surface area contributed by atoms with Crippen molar-refractivity contribution < 1.29 is 9.47 Å². The van der Waals surface area contributed by atoms with Crippen LogP contribution in [0.4, 0.5) is 0 Å². The van der Waals surface area contributed by atoms with E-state index in [1.54, 1.807) is 21.6 Å². The standard InChI is InChI=1S/C15H12O2S2/c1-3-7-12(8-4-1)16-14-11-15(19-18-14)17-13-9-5-2-6-10-13/h1-11,14H. The number of hydrogen-bond donors (Lipinski definition) is 0. The van der Waals surface area contributed by atoms with Crippen molar-refractivity contribution in [1.29, 1.82) is 0 Å². The van der Waals surface area contributed by atoms with Crippen LogP contribution in [0.2, 0.25) is 0 Å². The zero-order valence-electron chi connectivity index (χ0n) is 10.1. The largest absolute Gasteiger partial charge is 0.475 e. The summed E-state index contributed by atoms with van der Waals surface area (Å²) in [7, 11) is 3.24. The van der Waals surface area contributed by atoms with Gasteiger partial charge in [0, 0.05) is 6.08 Å². The van der Waals surface area contributed by atoms with Crippen molar-refractivity contribution in [3.05, 3.63) is 71.8 Å². The molecule has 0 radical (unpaired) electrons. The molecule has 1 unspecified atom stereocenters. The Balaban J connectivity index is 1.62. The van der Waals surface area contributed by atoms with E-state index in [0.29, 0.717) is 0 Å². The van der Waals surface area contributed by atoms with Gasteiger partial charge in [0.15, 0.2) is 10.5 Å². The highest BCUT2D eigenvalue weighted by molar-refractivity contribution is 8.78. The average Bonchev–Trinajstić information content (AvgIpc) is 2.88. The molecule has 1 heterocycles. The van der Waals surface area contributed by atoms with E-state index in [2.05, 4.69) is 0 Å². The third-order valence-electron chi connectivity index (χ3n) is 2.45. The predicted molar refractivity (Wildman–Crippen MR) is 81.2 cm³/mol. The van der Waals surface area contributed by atoms with Gasteiger partial charge in [0.2, 0.25) is 0 Å². The van der Waals surface area contributed by atoms with Crippen LogP contribution in [0.3, 0.4) is 0 Å². The lowest BCUT2D eigenvalue weighted by Gasteiger charge is -2.08. The molecule has 0 fully saturated rings. The van der Waals surface area contributed by atoms with Crippen LogP contribution in [0.25, 0.3) is 0 Å². The second kappa shape index (κ2) is 6.08. The topological polar surface area (TPSA) is 18.5 Å². The van der Waals surface area contributed by atoms with Gasteiger partial charge in [0.1, 0.15) is 11.5 Å². The zero-order chi connectivity index (χ0) is 12.9. The van der Waals surface area contributed by atoms with E-state index >= 15 is 0 Å². The molecule has 1 atom stereocenters. The molecule has 0 amide bonds. The summed E-state index contributed by atoms with van der Waals surface area (Å²) >= 11 is 0. The Kier molecular flexibility index (Phi) is 4.01. The molecule has 3 rings (SSSR count). The minimum Gasteiger partial charge on any atom is -0.475 e. The Morgan fingerprint density at radius 1 is 0.789 bits per heavy atom. The van der Waals surface area contributed by atoms with Gasteiger partial charge in [0.25, 0.3) is 0 Å². The van der Waals surface area contributed by atoms with Crippen LogP contribution >= 0.6 is 21.6 Å². The molecule has 4 heteroatoms. The van der Waals surface area contributed by atoms with Crippen LogP contribution in [0.5, 0.6) is 11.5 Å². The fraction of sp³-hybridized carbons (Fsp3) is 0.0667. The lowest BCUT2D eigenvalue weighted by atomic mass is 10.3. The molecule has 19 heavy (non-hydrogen) atoms. The monoisotopic (exact) mass is 288 g/mol. The smallest absolute Gasteiger partial charge is 0.177 e. The van der Waals surface area contributed by atoms with Crippen LogP contribution in [-0.4, -0.2) is 5.44 Å². The summed E-state index contributed by atoms with van der Waals surface area (Å²) in [6, 6.07) is 19.6. The van der Waals surface area contributed by atoms with Gasteiger partial charge in [-0.05, 0) is 45.9 Å². The van der Waals surface area contributed by atoms with Crippen LogP contribution in [-0.2, 0) is 0 Å². The Morgan fingerprint density at radius 2 is 1.42 bits per heavy atom. The van der Waals surface area contributed by atoms with E-state index in [1.807, 2.05) is 66.7 Å². The maximum Gasteiger partial charge on any atom is 0.177 e. The van der Waals surface area contributed by atoms with Crippen molar-refractivity contribution in [1.82, 2.24) is 0 Å². The fourth-order valence-corrected chi connectivity index (χ4v) is 3.64. The maximum atomic E-state index is 5.83. The Labute approximate surface area is 120 Å². The highest BCUT2D eigenvalue weighted by atomic mass is 33.1. The van der Waals surface area contributed by atoms with E-state index in [1.165, 1.54) is 0 Å². The summed E-state index contributed by atoms with van der Waals surface area (Å²) in [5.41, 5.74) is -0.00823. The highest BCUT2D eigenvalue weighted by Crippen LogP contribution is 2.43. The van der Waals surface area contributed by atoms with Gasteiger partial charge in [0.05, 0.1) is 0 Å². The lowest BCUT2D eigenvalue weighted by molar-refractivity contribution is 0.329. The molecule has 1 aliphatic heterocycles. The first-order valence-corrected chi connectivity index (χ1v) is 8.11. The molecule has 0 spiro atoms. The van der Waals surface area contributed by atoms with Gasteiger partial charge in [-0.2, -0.15) is 0 Å². The molecule has 2 aromatic rings. The van der Waals surface area contributed by atoms with Crippen LogP contribution < -0.4 is 9.47 Å². The predicted octanol–water partition coefficient (Wildman–Crippen LogP) is 4.71. The van der Waals surface area contributed by atoms with Crippen molar-refractivity contribution in [3.63, 3.8) is 0 Å². The van der Waals surface area contributed by atoms with Gasteiger partial charge in [-0.1, -0.05) is 36.4 Å². The molecule has 0 saturated carbocycles. The molecular formula is C15H12O2S2. The first kappa shape index (κ1) is 12.5. The van der Waals surface area contributed by atoms with Crippen LogP contribution in [0, 0.1) is 0 Å². The van der Waals surface area contributed by atoms with Crippen LogP contribution in [0.1, 0.15) is 0 Å². The van der Waals surface area contributed by atoms with Crippen molar-refractivity contribution in [2.45, 2.75) is 5.44 Å². The summed E-state index contributed by atoms with van der Waals surface area (Å²) < 4.78 is 11.6. The third-order valence-corrected chi connectivity index (χ3v) is 4.71. The summed E-state index contributed by atoms with van der Waals surface area (Å²) in [6.07, 6.45) is 2.00. The Bertz CT molecular complexity index is 555. The van der Waals surface area contributed by atoms with E-state index in [4.69, 9.17) is 9.47 Å². The summed E-state index contributed by atoms with van der Waals surface area (Å²) in [5, 5.41) is 0.872. The molecule has 2 aromatic carbocycles. The minimum absolute atomic E-state index is 0.00823. The van der Waals surface area contributed by atoms with Crippen molar-refractivity contribution in [3.8, 4) is 11.5 Å². The van der Waals surface area contributed by atoms with Crippen molar-refractivity contribution >= 4 is 21.6 Å². The lowest BCUT2D eigenvalue weighted by Crippen LogP contribution is -2.05. The van der Waals surface area contributed by atoms with Gasteiger partial charge < -0.3 is 9.47 Å². The number of benzene rings is 2. The number of rotatable bonds is 4. The summed E-state index contributed by atoms with van der Waals surface area (Å²) in [5.74, 6) is 1.72. The Hall–Kier alpha value is -1.52. The Morgan fingerprint density at radius 3 is 2.11 bits per heavy atom. The van der Waals surface area contributed by atoms with E-state index in [0.717, 1.165) is 16.6 Å². The summed E-state index contributed by atoms with van der Waals surface area (Å²) in [6.45, 7) is 0. The molecule has 0 bridgehead atoms. The molecule has 0 aliphatic carbocycles. The second-order valence-electron chi connectivity index (χ2n) is 3.88. The summed E-state index contributed by atoms with van der Waals surface area (Å²) in [4.78, 5) is 0. The number of hydrogen-bond acceptors (Lipinski definition) is 4. The SMILES string of the molecule is C1=C(Oc2ccccc2)SSC1Oc1ccccc1. The first-order valence-electron chi connectivity index (χ1n) is 5.90. The number of para-hydroxylation sites is 2. The normalized spacial score (nSPS) is 17.9. The van der Waals surface area contributed by atoms with Crippen molar-refractivity contribution in [2.24, 2.45) is 0 Å². The minimum atomic E-state index is -0.00823. The van der Waals surface area contributed by atoms with E-state index in [9.17, 15) is 0 Å². The maximum absolute atomic E-state index is 5.83. The van der Waals surface area contributed by atoms with E-state index in [-0.39, 0.29) is 5.44 Å². The highest BCUT2D eigenvalue weighted by Gasteiger charge is 2.20. The molecule has 0 aromatic heterocycles. The van der Waals surface area contributed by atoms with Gasteiger partial charge in [-0.25, -0.2) is 0 Å². The molecular weight excluding hydrogens is 276 g/mol. The molecule has 2 nitrogen and oxygen atoms in total. The number of ether oxygens (including phenoxy) is 2.